The molecule has 0 bridgehead atoms. The Bertz CT molecular complexity index is 1100. The third-order valence-corrected chi connectivity index (χ3v) is 4.24. The van der Waals surface area contributed by atoms with Gasteiger partial charge in [-0.3, -0.25) is 0 Å². The molecule has 0 saturated carbocycles. The maximum Gasteiger partial charge on any atom is 0.141 e. The molecule has 0 unspecified atom stereocenters. The molecule has 0 aliphatic carbocycles. The molecule has 4 rings (SSSR count). The van der Waals surface area contributed by atoms with Crippen molar-refractivity contribution in [2.24, 2.45) is 0 Å². The molecule has 1 N–H and O–H groups in total. The minimum Gasteiger partial charge on any atom is -0.346 e. The number of fused-ring (bicyclic) bond motifs is 2. The predicted molar refractivity (Wildman–Crippen MR) is 96.9 cm³/mol. The van der Waals surface area contributed by atoms with Crippen LogP contribution in [0, 0.1) is 18.8 Å². The smallest absolute Gasteiger partial charge is 0.141 e. The topological polar surface area (TPSA) is 46.5 Å². The highest BCUT2D eigenvalue weighted by Crippen LogP contribution is 2.26. The number of nitrogens with one attached hydrogen (secondary N) is 1. The summed E-state index contributed by atoms with van der Waals surface area (Å²) in [5, 5.41) is 2.18. The maximum absolute atomic E-state index is 4.33. The summed E-state index contributed by atoms with van der Waals surface area (Å²) in [5.74, 6) is 6.54. The number of rotatable bonds is 1. The molecule has 0 amide bonds. The first kappa shape index (κ1) is 14.5. The molecule has 3 heterocycles. The fourth-order valence-electron chi connectivity index (χ4n) is 3.28. The van der Waals surface area contributed by atoms with E-state index in [1.807, 2.05) is 12.3 Å². The van der Waals surface area contributed by atoms with Gasteiger partial charge in [-0.15, -0.1) is 0 Å². The number of H-pyrrole nitrogens is 1. The van der Waals surface area contributed by atoms with Crippen LogP contribution < -0.4 is 0 Å². The van der Waals surface area contributed by atoms with Crippen molar-refractivity contribution in [3.8, 4) is 11.8 Å². The Hall–Kier alpha value is -3.06. The monoisotopic (exact) mass is 314 g/mol. The van der Waals surface area contributed by atoms with Crippen molar-refractivity contribution in [3.63, 3.8) is 0 Å². The van der Waals surface area contributed by atoms with Crippen LogP contribution in [0.4, 0.5) is 0 Å². The molecule has 3 aromatic heterocycles. The lowest BCUT2D eigenvalue weighted by Gasteiger charge is -2.13. The van der Waals surface area contributed by atoms with Gasteiger partial charge in [-0.05, 0) is 44.9 Å². The van der Waals surface area contributed by atoms with E-state index in [0.29, 0.717) is 6.04 Å². The number of aryl methyl sites for hydroxylation is 1. The molecule has 0 atom stereocenters. The summed E-state index contributed by atoms with van der Waals surface area (Å²) in [6.45, 7) is 6.54. The van der Waals surface area contributed by atoms with Gasteiger partial charge in [0.05, 0.1) is 10.9 Å². The Balaban J connectivity index is 1.91. The van der Waals surface area contributed by atoms with Crippen LogP contribution in [0.25, 0.3) is 21.9 Å². The van der Waals surface area contributed by atoms with Crippen LogP contribution in [-0.2, 0) is 0 Å². The van der Waals surface area contributed by atoms with Crippen molar-refractivity contribution in [2.45, 2.75) is 26.8 Å². The van der Waals surface area contributed by atoms with E-state index in [0.717, 1.165) is 22.3 Å². The molecule has 0 spiro atoms. The van der Waals surface area contributed by atoms with Gasteiger partial charge in [0.15, 0.2) is 0 Å². The lowest BCUT2D eigenvalue weighted by Crippen LogP contribution is -2.03. The van der Waals surface area contributed by atoms with Gasteiger partial charge in [-0.1, -0.05) is 18.1 Å². The van der Waals surface area contributed by atoms with Gasteiger partial charge in [0.2, 0.25) is 0 Å². The maximum atomic E-state index is 4.33. The molecule has 4 nitrogen and oxygen atoms in total. The summed E-state index contributed by atoms with van der Waals surface area (Å²) in [7, 11) is 0. The zero-order chi connectivity index (χ0) is 16.7. The molecule has 4 heteroatoms. The second kappa shape index (κ2) is 5.54. The van der Waals surface area contributed by atoms with Gasteiger partial charge in [-0.25, -0.2) is 9.97 Å². The Kier molecular flexibility index (Phi) is 3.35. The van der Waals surface area contributed by atoms with Gasteiger partial charge in [0.25, 0.3) is 0 Å². The summed E-state index contributed by atoms with van der Waals surface area (Å²) in [4.78, 5) is 11.6. The van der Waals surface area contributed by atoms with Crippen LogP contribution in [0.5, 0.6) is 0 Å². The van der Waals surface area contributed by atoms with Crippen LogP contribution in [-0.4, -0.2) is 19.5 Å². The predicted octanol–water partition coefficient (Wildman–Crippen LogP) is 4.20. The fourth-order valence-corrected chi connectivity index (χ4v) is 3.28. The number of hydrogen-bond acceptors (Lipinski definition) is 2. The summed E-state index contributed by atoms with van der Waals surface area (Å²) in [6.07, 6.45) is 3.41. The van der Waals surface area contributed by atoms with E-state index in [2.05, 4.69) is 76.4 Å². The fraction of sp³-hybridized carbons (Fsp3) is 0.200. The lowest BCUT2D eigenvalue weighted by molar-refractivity contribution is 0.607. The van der Waals surface area contributed by atoms with Gasteiger partial charge in [0, 0.05) is 28.9 Å². The molecule has 0 aliphatic heterocycles. The second-order valence-electron chi connectivity index (χ2n) is 6.21. The van der Waals surface area contributed by atoms with Crippen LogP contribution >= 0.6 is 0 Å². The molecule has 0 saturated heterocycles. The van der Waals surface area contributed by atoms with E-state index in [1.165, 1.54) is 16.6 Å². The van der Waals surface area contributed by atoms with Crippen LogP contribution in [0.3, 0.4) is 0 Å². The molecular formula is C20H18N4. The molecule has 0 fully saturated rings. The normalized spacial score (nSPS) is 11.2. The molecule has 118 valence electrons. The van der Waals surface area contributed by atoms with E-state index in [-0.39, 0.29) is 0 Å². The van der Waals surface area contributed by atoms with Crippen LogP contribution in [0.2, 0.25) is 0 Å². The minimum absolute atomic E-state index is 0.390. The van der Waals surface area contributed by atoms with Crippen molar-refractivity contribution in [1.82, 2.24) is 19.5 Å². The number of aromatic nitrogens is 4. The van der Waals surface area contributed by atoms with Crippen LogP contribution in [0.1, 0.15) is 36.8 Å². The Morgan fingerprint density at radius 2 is 2.00 bits per heavy atom. The van der Waals surface area contributed by atoms with Crippen molar-refractivity contribution in [3.05, 3.63) is 59.8 Å². The summed E-state index contributed by atoms with van der Waals surface area (Å²) in [6, 6.07) is 10.8. The van der Waals surface area contributed by atoms with Gasteiger partial charge >= 0.3 is 0 Å². The number of aromatic amines is 1. The molecule has 24 heavy (non-hydrogen) atoms. The first-order valence-electron chi connectivity index (χ1n) is 8.06. The molecule has 1 aromatic carbocycles. The highest BCUT2D eigenvalue weighted by atomic mass is 15.0. The lowest BCUT2D eigenvalue weighted by atomic mass is 10.1. The van der Waals surface area contributed by atoms with Crippen molar-refractivity contribution in [2.75, 3.05) is 0 Å². The Labute approximate surface area is 140 Å². The molecule has 0 radical (unpaired) electrons. The number of nitrogens with zero attached hydrogens (tertiary/aromatic N) is 3. The van der Waals surface area contributed by atoms with E-state index in [9.17, 15) is 0 Å². The number of para-hydroxylation sites is 1. The third kappa shape index (κ3) is 2.26. The quantitative estimate of drug-likeness (QED) is 0.535. The Morgan fingerprint density at radius 1 is 1.12 bits per heavy atom. The van der Waals surface area contributed by atoms with Gasteiger partial charge in [-0.2, -0.15) is 0 Å². The van der Waals surface area contributed by atoms with Gasteiger partial charge in [0.1, 0.15) is 17.7 Å². The number of benzene rings is 1. The first-order chi connectivity index (χ1) is 11.6. The zero-order valence-corrected chi connectivity index (χ0v) is 14.0. The van der Waals surface area contributed by atoms with E-state index >= 15 is 0 Å². The van der Waals surface area contributed by atoms with E-state index < -0.39 is 0 Å². The molecule has 4 aromatic rings. The van der Waals surface area contributed by atoms with Crippen molar-refractivity contribution >= 4 is 21.9 Å². The standard InChI is InChI=1S/C20H18N4/c1-13(2)24-14(3)11-16-6-4-5-15(19(16)24)7-8-18-17-9-10-21-20(17)23-12-22-18/h4-6,9-13H,1-3H3,(H,21,22,23). The van der Waals surface area contributed by atoms with Crippen LogP contribution in [0.15, 0.2) is 42.9 Å². The number of hydrogen-bond donors (Lipinski definition) is 1. The van der Waals surface area contributed by atoms with Crippen molar-refractivity contribution < 1.29 is 0 Å². The minimum atomic E-state index is 0.390. The van der Waals surface area contributed by atoms with E-state index in [1.54, 1.807) is 6.33 Å². The summed E-state index contributed by atoms with van der Waals surface area (Å²) < 4.78 is 2.34. The highest BCUT2D eigenvalue weighted by Gasteiger charge is 2.11. The van der Waals surface area contributed by atoms with Crippen molar-refractivity contribution in [1.29, 1.82) is 0 Å². The second-order valence-corrected chi connectivity index (χ2v) is 6.21. The zero-order valence-electron chi connectivity index (χ0n) is 14.0. The molecular weight excluding hydrogens is 296 g/mol. The Morgan fingerprint density at radius 3 is 2.83 bits per heavy atom. The molecule has 0 aliphatic rings. The summed E-state index contributed by atoms with van der Waals surface area (Å²) >= 11 is 0. The third-order valence-electron chi connectivity index (χ3n) is 4.24. The highest BCUT2D eigenvalue weighted by molar-refractivity contribution is 5.88. The first-order valence-corrected chi connectivity index (χ1v) is 8.06. The average molecular weight is 314 g/mol. The van der Waals surface area contributed by atoms with Gasteiger partial charge < -0.3 is 9.55 Å². The van der Waals surface area contributed by atoms with E-state index in [4.69, 9.17) is 0 Å². The average Bonchev–Trinajstić information content (AvgIpc) is 3.16. The largest absolute Gasteiger partial charge is 0.346 e. The summed E-state index contributed by atoms with van der Waals surface area (Å²) in [5.41, 5.74) is 5.03. The SMILES string of the molecule is Cc1cc2cccc(C#Cc3ncnc4[nH]ccc34)c2n1C(C)C.